The standard InChI is InChI=1S/C11H16F3N3OS/c1-10(2,3)7-5-19-9(16-7)17-8(18)4-15-6-11(12,13)14/h5,15H,4,6H2,1-3H3,(H,16,17,18). The first-order valence-corrected chi connectivity index (χ1v) is 6.49. The lowest BCUT2D eigenvalue weighted by Crippen LogP contribution is -2.35. The number of hydrogen-bond acceptors (Lipinski definition) is 4. The quantitative estimate of drug-likeness (QED) is 0.897. The molecule has 0 bridgehead atoms. The summed E-state index contributed by atoms with van der Waals surface area (Å²) in [6, 6.07) is 0. The van der Waals surface area contributed by atoms with Crippen molar-refractivity contribution in [1.29, 1.82) is 0 Å². The minimum Gasteiger partial charge on any atom is -0.301 e. The molecular weight excluding hydrogens is 279 g/mol. The maximum atomic E-state index is 11.9. The molecule has 1 aromatic rings. The Morgan fingerprint density at radius 2 is 2.00 bits per heavy atom. The Bertz CT molecular complexity index is 437. The number of amides is 1. The summed E-state index contributed by atoms with van der Waals surface area (Å²) in [5.74, 6) is -0.543. The lowest BCUT2D eigenvalue weighted by Gasteiger charge is -2.14. The number of alkyl halides is 3. The second-order valence-corrected chi connectivity index (χ2v) is 5.91. The van der Waals surface area contributed by atoms with Crippen molar-refractivity contribution in [2.24, 2.45) is 0 Å². The van der Waals surface area contributed by atoms with Crippen LogP contribution in [0.4, 0.5) is 18.3 Å². The van der Waals surface area contributed by atoms with E-state index >= 15 is 0 Å². The molecule has 0 aliphatic rings. The fourth-order valence-electron chi connectivity index (χ4n) is 1.16. The largest absolute Gasteiger partial charge is 0.401 e. The van der Waals surface area contributed by atoms with Gasteiger partial charge in [0.1, 0.15) is 0 Å². The van der Waals surface area contributed by atoms with Gasteiger partial charge in [0.05, 0.1) is 18.8 Å². The number of hydrogen-bond donors (Lipinski definition) is 2. The molecule has 0 fully saturated rings. The number of carbonyl (C=O) groups is 1. The molecule has 1 rings (SSSR count). The van der Waals surface area contributed by atoms with E-state index in [4.69, 9.17) is 0 Å². The van der Waals surface area contributed by atoms with Crippen molar-refractivity contribution in [3.8, 4) is 0 Å². The smallest absolute Gasteiger partial charge is 0.301 e. The Morgan fingerprint density at radius 3 is 2.47 bits per heavy atom. The predicted molar refractivity (Wildman–Crippen MR) is 68.4 cm³/mol. The summed E-state index contributed by atoms with van der Waals surface area (Å²) in [6.45, 7) is 4.37. The molecule has 8 heteroatoms. The van der Waals surface area contributed by atoms with Gasteiger partial charge in [-0.3, -0.25) is 4.79 Å². The van der Waals surface area contributed by atoms with E-state index in [1.165, 1.54) is 11.3 Å². The fourth-order valence-corrected chi connectivity index (χ4v) is 2.11. The first-order valence-electron chi connectivity index (χ1n) is 5.61. The fraction of sp³-hybridized carbons (Fsp3) is 0.636. The Balaban J connectivity index is 2.43. The van der Waals surface area contributed by atoms with E-state index < -0.39 is 25.2 Å². The van der Waals surface area contributed by atoms with Gasteiger partial charge in [-0.2, -0.15) is 13.2 Å². The van der Waals surface area contributed by atoms with Crippen LogP contribution in [-0.4, -0.2) is 30.2 Å². The van der Waals surface area contributed by atoms with Crippen LogP contribution in [0, 0.1) is 0 Å². The van der Waals surface area contributed by atoms with Gasteiger partial charge < -0.3 is 10.6 Å². The molecule has 19 heavy (non-hydrogen) atoms. The average molecular weight is 295 g/mol. The highest BCUT2D eigenvalue weighted by Crippen LogP contribution is 2.26. The van der Waals surface area contributed by atoms with E-state index in [0.717, 1.165) is 5.69 Å². The van der Waals surface area contributed by atoms with E-state index in [-0.39, 0.29) is 5.41 Å². The van der Waals surface area contributed by atoms with Crippen LogP contribution in [0.1, 0.15) is 26.5 Å². The number of halogens is 3. The van der Waals surface area contributed by atoms with E-state index in [1.54, 1.807) is 0 Å². The Morgan fingerprint density at radius 1 is 1.37 bits per heavy atom. The lowest BCUT2D eigenvalue weighted by atomic mass is 9.93. The molecule has 0 aromatic carbocycles. The minimum atomic E-state index is -4.32. The zero-order valence-corrected chi connectivity index (χ0v) is 11.7. The summed E-state index contributed by atoms with van der Waals surface area (Å²) in [6.07, 6.45) is -4.32. The van der Waals surface area contributed by atoms with Crippen molar-refractivity contribution in [3.05, 3.63) is 11.1 Å². The molecular formula is C11H16F3N3OS. The number of thiazole rings is 1. The zero-order chi connectivity index (χ0) is 14.7. The van der Waals surface area contributed by atoms with Crippen LogP contribution in [0.15, 0.2) is 5.38 Å². The molecule has 2 N–H and O–H groups in total. The third kappa shape index (κ3) is 6.02. The van der Waals surface area contributed by atoms with Gasteiger partial charge in [-0.15, -0.1) is 11.3 Å². The van der Waals surface area contributed by atoms with Gasteiger partial charge in [0.15, 0.2) is 5.13 Å². The molecule has 1 amide bonds. The molecule has 1 aromatic heterocycles. The SMILES string of the molecule is CC(C)(C)c1csc(NC(=O)CNCC(F)(F)F)n1. The highest BCUT2D eigenvalue weighted by Gasteiger charge is 2.26. The number of anilines is 1. The van der Waals surface area contributed by atoms with Crippen molar-refractivity contribution in [1.82, 2.24) is 10.3 Å². The summed E-state index contributed by atoms with van der Waals surface area (Å²) >= 11 is 1.25. The average Bonchev–Trinajstić information content (AvgIpc) is 2.63. The first kappa shape index (κ1) is 15.9. The van der Waals surface area contributed by atoms with E-state index in [0.29, 0.717) is 5.13 Å². The Hall–Kier alpha value is -1.15. The molecule has 1 heterocycles. The molecule has 0 atom stereocenters. The second-order valence-electron chi connectivity index (χ2n) is 5.05. The van der Waals surface area contributed by atoms with E-state index in [1.807, 2.05) is 31.5 Å². The summed E-state index contributed by atoms with van der Waals surface area (Å²) in [7, 11) is 0. The van der Waals surface area contributed by atoms with Crippen LogP contribution in [0.3, 0.4) is 0 Å². The van der Waals surface area contributed by atoms with E-state index in [2.05, 4.69) is 10.3 Å². The molecule has 0 aliphatic heterocycles. The van der Waals surface area contributed by atoms with Gasteiger partial charge in [-0.05, 0) is 0 Å². The molecule has 108 valence electrons. The van der Waals surface area contributed by atoms with Gasteiger partial charge in [-0.25, -0.2) is 4.98 Å². The molecule has 0 unspecified atom stereocenters. The summed E-state index contributed by atoms with van der Waals surface area (Å²) < 4.78 is 35.6. The lowest BCUT2D eigenvalue weighted by molar-refractivity contribution is -0.126. The Labute approximate surface area is 113 Å². The number of nitrogens with zero attached hydrogens (tertiary/aromatic N) is 1. The normalized spacial score (nSPS) is 12.5. The van der Waals surface area contributed by atoms with E-state index in [9.17, 15) is 18.0 Å². The molecule has 0 spiro atoms. The molecule has 0 saturated heterocycles. The Kier molecular flexibility index (Phi) is 4.92. The van der Waals surface area contributed by atoms with Gasteiger partial charge in [0, 0.05) is 10.8 Å². The minimum absolute atomic E-state index is 0.131. The molecule has 4 nitrogen and oxygen atoms in total. The third-order valence-corrected chi connectivity index (χ3v) is 2.89. The number of nitrogens with one attached hydrogen (secondary N) is 2. The van der Waals surface area contributed by atoms with Crippen molar-refractivity contribution < 1.29 is 18.0 Å². The van der Waals surface area contributed by atoms with Gasteiger partial charge in [-0.1, -0.05) is 20.8 Å². The van der Waals surface area contributed by atoms with Crippen LogP contribution >= 0.6 is 11.3 Å². The van der Waals surface area contributed by atoms with Crippen LogP contribution in [-0.2, 0) is 10.2 Å². The van der Waals surface area contributed by atoms with Gasteiger partial charge in [0.25, 0.3) is 0 Å². The zero-order valence-electron chi connectivity index (χ0n) is 10.9. The van der Waals surface area contributed by atoms with Crippen LogP contribution < -0.4 is 10.6 Å². The molecule has 0 radical (unpaired) electrons. The van der Waals surface area contributed by atoms with Crippen molar-refractivity contribution >= 4 is 22.4 Å². The maximum Gasteiger partial charge on any atom is 0.401 e. The van der Waals surface area contributed by atoms with Gasteiger partial charge in [0.2, 0.25) is 5.91 Å². The second kappa shape index (κ2) is 5.87. The summed E-state index contributed by atoms with van der Waals surface area (Å²) in [5.41, 5.74) is 0.699. The van der Waals surface area contributed by atoms with Crippen LogP contribution in [0.5, 0.6) is 0 Å². The molecule has 0 aliphatic carbocycles. The number of carbonyl (C=O) groups excluding carboxylic acids is 1. The summed E-state index contributed by atoms with van der Waals surface area (Å²) in [5, 5.41) is 6.69. The van der Waals surface area contributed by atoms with Crippen molar-refractivity contribution in [2.75, 3.05) is 18.4 Å². The number of rotatable bonds is 4. The van der Waals surface area contributed by atoms with Crippen LogP contribution in [0.2, 0.25) is 0 Å². The maximum absolute atomic E-state index is 11.9. The monoisotopic (exact) mass is 295 g/mol. The van der Waals surface area contributed by atoms with Crippen LogP contribution in [0.25, 0.3) is 0 Å². The third-order valence-electron chi connectivity index (χ3n) is 2.13. The predicted octanol–water partition coefficient (Wildman–Crippen LogP) is 2.53. The van der Waals surface area contributed by atoms with Gasteiger partial charge >= 0.3 is 6.18 Å². The first-order chi connectivity index (χ1) is 8.58. The highest BCUT2D eigenvalue weighted by molar-refractivity contribution is 7.13. The van der Waals surface area contributed by atoms with Crippen molar-refractivity contribution in [3.63, 3.8) is 0 Å². The highest BCUT2D eigenvalue weighted by atomic mass is 32.1. The number of aromatic nitrogens is 1. The van der Waals surface area contributed by atoms with Crippen molar-refractivity contribution in [2.45, 2.75) is 32.4 Å². The molecule has 0 saturated carbocycles. The summed E-state index contributed by atoms with van der Waals surface area (Å²) in [4.78, 5) is 15.6. The topological polar surface area (TPSA) is 54.0 Å².